The first-order valence-corrected chi connectivity index (χ1v) is 9.43. The summed E-state index contributed by atoms with van der Waals surface area (Å²) in [6.45, 7) is 0. The van der Waals surface area contributed by atoms with E-state index < -0.39 is 9.84 Å². The third kappa shape index (κ3) is 3.78. The molecule has 0 radical (unpaired) electrons. The molecule has 2 aliphatic rings. The summed E-state index contributed by atoms with van der Waals surface area (Å²) in [6.07, 6.45) is 5.06. The topological polar surface area (TPSA) is 75.3 Å². The minimum atomic E-state index is -2.82. The highest BCUT2D eigenvalue weighted by molar-refractivity contribution is 8.00. The quantitative estimate of drug-likeness (QED) is 0.560. The number of carbonyl (C=O) groups excluding carboxylic acids is 1. The van der Waals surface area contributed by atoms with E-state index in [2.05, 4.69) is 10.6 Å². The number of nitrogens with one attached hydrogen (secondary N) is 2. The Morgan fingerprint density at radius 2 is 2.06 bits per heavy atom. The number of thioether (sulfide) groups is 1. The molecule has 0 aromatic carbocycles. The zero-order valence-electron chi connectivity index (χ0n) is 10.5. The Balaban J connectivity index is 1.64. The van der Waals surface area contributed by atoms with E-state index in [1.807, 2.05) is 11.8 Å². The summed E-state index contributed by atoms with van der Waals surface area (Å²) in [4.78, 5) is 11.2. The summed E-state index contributed by atoms with van der Waals surface area (Å²) in [7, 11) is -2.82. The van der Waals surface area contributed by atoms with Gasteiger partial charge in [0, 0.05) is 23.0 Å². The molecule has 5 nitrogen and oxygen atoms in total. The van der Waals surface area contributed by atoms with Gasteiger partial charge in [-0.3, -0.25) is 0 Å². The van der Waals surface area contributed by atoms with Crippen molar-refractivity contribution in [3.05, 3.63) is 0 Å². The van der Waals surface area contributed by atoms with Gasteiger partial charge < -0.3 is 10.6 Å². The van der Waals surface area contributed by atoms with E-state index in [-0.39, 0.29) is 23.9 Å². The number of carbonyl (C=O) groups is 1. The maximum Gasteiger partial charge on any atom is 0.315 e. The van der Waals surface area contributed by atoms with Crippen LogP contribution in [0, 0.1) is 0 Å². The van der Waals surface area contributed by atoms with Crippen molar-refractivity contribution in [1.29, 1.82) is 0 Å². The number of fused-ring (bicyclic) bond motifs is 1. The second-order valence-corrected chi connectivity index (χ2v) is 8.63. The molecule has 2 heterocycles. The second-order valence-electron chi connectivity index (χ2n) is 5.10. The van der Waals surface area contributed by atoms with E-state index in [9.17, 15) is 13.2 Å². The van der Waals surface area contributed by atoms with Gasteiger partial charge in [0.25, 0.3) is 0 Å². The molecule has 2 N–H and O–H groups in total. The molecular weight excluding hydrogens is 272 g/mol. The SMILES string of the molecule is CS(=O)(=O)CCCCC[C@@H]1SC[C@@H]2NC(=O)N[C@@H]21. The molecule has 0 unspecified atom stereocenters. The maximum atomic E-state index is 11.2. The Hall–Kier alpha value is -0.430. The number of rotatable bonds is 6. The lowest BCUT2D eigenvalue weighted by Crippen LogP contribution is -2.36. The van der Waals surface area contributed by atoms with Gasteiger partial charge in [0.2, 0.25) is 0 Å². The van der Waals surface area contributed by atoms with Crippen LogP contribution in [0.1, 0.15) is 25.7 Å². The first kappa shape index (κ1) is 14.0. The molecular formula is C11H20N2O3S2. The second kappa shape index (κ2) is 5.69. The number of unbranched alkanes of at least 4 members (excludes halogenated alkanes) is 2. The molecule has 2 rings (SSSR count). The van der Waals surface area contributed by atoms with Crippen molar-refractivity contribution in [3.63, 3.8) is 0 Å². The number of hydrogen-bond acceptors (Lipinski definition) is 4. The predicted molar refractivity (Wildman–Crippen MR) is 73.7 cm³/mol. The van der Waals surface area contributed by atoms with Gasteiger partial charge in [-0.1, -0.05) is 12.8 Å². The highest BCUT2D eigenvalue weighted by Crippen LogP contribution is 2.33. The third-order valence-corrected chi connectivity index (χ3v) is 5.98. The number of urea groups is 1. The molecule has 0 aromatic heterocycles. The molecule has 2 aliphatic heterocycles. The highest BCUT2D eigenvalue weighted by Gasteiger charge is 2.42. The third-order valence-electron chi connectivity index (χ3n) is 3.44. The van der Waals surface area contributed by atoms with Crippen LogP contribution < -0.4 is 10.6 Å². The average molecular weight is 292 g/mol. The summed E-state index contributed by atoms with van der Waals surface area (Å²) in [5, 5.41) is 6.36. The van der Waals surface area contributed by atoms with Crippen LogP contribution >= 0.6 is 11.8 Å². The summed E-state index contributed by atoms with van der Waals surface area (Å²) in [5.74, 6) is 1.27. The van der Waals surface area contributed by atoms with Crippen molar-refractivity contribution >= 4 is 27.6 Å². The van der Waals surface area contributed by atoms with E-state index in [0.29, 0.717) is 5.25 Å². The van der Waals surface area contributed by atoms with Crippen LogP contribution in [-0.4, -0.2) is 49.5 Å². The van der Waals surface area contributed by atoms with E-state index in [1.54, 1.807) is 0 Å². The fraction of sp³-hybridized carbons (Fsp3) is 0.909. The highest BCUT2D eigenvalue weighted by atomic mass is 32.2. The Bertz CT molecular complexity index is 411. The van der Waals surface area contributed by atoms with Crippen LogP contribution in [0.3, 0.4) is 0 Å². The standard InChI is InChI=1S/C11H20N2O3S2/c1-18(15,16)6-4-2-3-5-9-10-8(7-17-9)12-11(14)13-10/h8-10H,2-7H2,1H3,(H2,12,13,14)/t8-,9-,10-/m0/s1. The Kier molecular flexibility index (Phi) is 4.42. The van der Waals surface area contributed by atoms with E-state index in [1.165, 1.54) is 6.26 Å². The van der Waals surface area contributed by atoms with E-state index in [4.69, 9.17) is 0 Å². The fourth-order valence-corrected chi connectivity index (χ4v) is 4.80. The number of hydrogen-bond donors (Lipinski definition) is 2. The summed E-state index contributed by atoms with van der Waals surface area (Å²) < 4.78 is 22.0. The average Bonchev–Trinajstić information content (AvgIpc) is 2.76. The van der Waals surface area contributed by atoms with Crippen molar-refractivity contribution < 1.29 is 13.2 Å². The largest absolute Gasteiger partial charge is 0.332 e. The van der Waals surface area contributed by atoms with Crippen LogP contribution in [0.2, 0.25) is 0 Å². The molecule has 7 heteroatoms. The summed E-state index contributed by atoms with van der Waals surface area (Å²) in [5.41, 5.74) is 0. The van der Waals surface area contributed by atoms with Gasteiger partial charge in [0.15, 0.2) is 0 Å². The lowest BCUT2D eigenvalue weighted by Gasteiger charge is -2.16. The molecule has 2 saturated heterocycles. The van der Waals surface area contributed by atoms with Gasteiger partial charge in [-0.25, -0.2) is 13.2 Å². The minimum Gasteiger partial charge on any atom is -0.332 e. The minimum absolute atomic E-state index is 0.0487. The molecule has 18 heavy (non-hydrogen) atoms. The molecule has 0 aromatic rings. The van der Waals surface area contributed by atoms with Crippen LogP contribution in [0.4, 0.5) is 4.79 Å². The lowest BCUT2D eigenvalue weighted by molar-refractivity contribution is 0.247. The van der Waals surface area contributed by atoms with Gasteiger partial charge in [0.1, 0.15) is 9.84 Å². The lowest BCUT2D eigenvalue weighted by atomic mass is 10.0. The summed E-state index contributed by atoms with van der Waals surface area (Å²) in [6, 6.07) is 0.494. The molecule has 0 spiro atoms. The van der Waals surface area contributed by atoms with Crippen molar-refractivity contribution in [1.82, 2.24) is 10.6 Å². The molecule has 0 saturated carbocycles. The smallest absolute Gasteiger partial charge is 0.315 e. The van der Waals surface area contributed by atoms with Crippen LogP contribution in [-0.2, 0) is 9.84 Å². The molecule has 2 fully saturated rings. The van der Waals surface area contributed by atoms with E-state index >= 15 is 0 Å². The van der Waals surface area contributed by atoms with E-state index in [0.717, 1.165) is 31.4 Å². The molecule has 0 aliphatic carbocycles. The van der Waals surface area contributed by atoms with Crippen molar-refractivity contribution in [2.75, 3.05) is 17.8 Å². The Morgan fingerprint density at radius 1 is 1.28 bits per heavy atom. The molecule has 3 atom stereocenters. The van der Waals surface area contributed by atoms with Gasteiger partial charge in [-0.05, 0) is 12.8 Å². The van der Waals surface area contributed by atoms with Crippen molar-refractivity contribution in [3.8, 4) is 0 Å². The van der Waals surface area contributed by atoms with Crippen molar-refractivity contribution in [2.45, 2.75) is 43.0 Å². The Morgan fingerprint density at radius 3 is 2.78 bits per heavy atom. The number of amides is 2. The monoisotopic (exact) mass is 292 g/mol. The maximum absolute atomic E-state index is 11.2. The van der Waals surface area contributed by atoms with Crippen molar-refractivity contribution in [2.24, 2.45) is 0 Å². The Labute approximate surface area is 112 Å². The summed E-state index contributed by atoms with van der Waals surface area (Å²) >= 11 is 1.90. The zero-order chi connectivity index (χ0) is 13.2. The van der Waals surface area contributed by atoms with Crippen LogP contribution in [0.5, 0.6) is 0 Å². The van der Waals surface area contributed by atoms with Crippen LogP contribution in [0.15, 0.2) is 0 Å². The molecule has 104 valence electrons. The van der Waals surface area contributed by atoms with Gasteiger partial charge in [-0.2, -0.15) is 11.8 Å². The normalized spacial score (nSPS) is 30.9. The zero-order valence-corrected chi connectivity index (χ0v) is 12.1. The number of sulfone groups is 1. The van der Waals surface area contributed by atoms with Gasteiger partial charge >= 0.3 is 6.03 Å². The first-order chi connectivity index (χ1) is 8.46. The predicted octanol–water partition coefficient (Wildman–Crippen LogP) is 0.757. The molecule has 0 bridgehead atoms. The van der Waals surface area contributed by atoms with Gasteiger partial charge in [0.05, 0.1) is 12.1 Å². The van der Waals surface area contributed by atoms with Crippen LogP contribution in [0.25, 0.3) is 0 Å². The fourth-order valence-electron chi connectivity index (χ4n) is 2.53. The molecule has 2 amide bonds. The first-order valence-electron chi connectivity index (χ1n) is 6.32. The van der Waals surface area contributed by atoms with Gasteiger partial charge in [-0.15, -0.1) is 0 Å².